The summed E-state index contributed by atoms with van der Waals surface area (Å²) in [4.78, 5) is 4.89. The molecule has 0 unspecified atom stereocenters. The van der Waals surface area contributed by atoms with Crippen molar-refractivity contribution in [3.8, 4) is 0 Å². The van der Waals surface area contributed by atoms with Gasteiger partial charge in [-0.3, -0.25) is 0 Å². The van der Waals surface area contributed by atoms with Crippen molar-refractivity contribution >= 4 is 5.69 Å². The first kappa shape index (κ1) is 13.4. The summed E-state index contributed by atoms with van der Waals surface area (Å²) in [6, 6.07) is 8.78. The summed E-state index contributed by atoms with van der Waals surface area (Å²) in [6.45, 7) is 5.58. The molecule has 0 spiro atoms. The van der Waals surface area contributed by atoms with Gasteiger partial charge in [-0.15, -0.1) is 0 Å². The predicted octanol–water partition coefficient (Wildman–Crippen LogP) is 1.72. The van der Waals surface area contributed by atoms with Crippen molar-refractivity contribution in [2.75, 3.05) is 44.7 Å². The lowest BCUT2D eigenvalue weighted by Crippen LogP contribution is -2.31. The summed E-state index contributed by atoms with van der Waals surface area (Å²) in [7, 11) is 2.17. The third-order valence-corrected chi connectivity index (χ3v) is 3.76. The van der Waals surface area contributed by atoms with Crippen LogP contribution in [-0.4, -0.2) is 44.7 Å². The van der Waals surface area contributed by atoms with E-state index >= 15 is 0 Å². The molecule has 0 bridgehead atoms. The molecule has 0 radical (unpaired) electrons. The zero-order valence-electron chi connectivity index (χ0n) is 11.4. The first-order valence-corrected chi connectivity index (χ1v) is 7.02. The monoisotopic (exact) mass is 247 g/mol. The number of hydrogen-bond acceptors (Lipinski definition) is 3. The summed E-state index contributed by atoms with van der Waals surface area (Å²) in [5, 5.41) is 0. The highest BCUT2D eigenvalue weighted by atomic mass is 15.2. The molecule has 18 heavy (non-hydrogen) atoms. The molecular formula is C15H25N3. The molecule has 100 valence electrons. The quantitative estimate of drug-likeness (QED) is 0.831. The van der Waals surface area contributed by atoms with Crippen LogP contribution in [0.15, 0.2) is 24.3 Å². The van der Waals surface area contributed by atoms with Crippen molar-refractivity contribution in [1.29, 1.82) is 0 Å². The average Bonchev–Trinajstić information content (AvgIpc) is 2.90. The van der Waals surface area contributed by atoms with E-state index in [0.29, 0.717) is 0 Å². The number of anilines is 1. The second-order valence-electron chi connectivity index (χ2n) is 5.18. The van der Waals surface area contributed by atoms with E-state index in [9.17, 15) is 0 Å². The number of nitrogens with zero attached hydrogens (tertiary/aromatic N) is 2. The average molecular weight is 247 g/mol. The van der Waals surface area contributed by atoms with Crippen LogP contribution in [0.3, 0.4) is 0 Å². The molecule has 1 fully saturated rings. The SMILES string of the molecule is CN(CCN1CCCC1)c1ccc(CCN)cc1. The van der Waals surface area contributed by atoms with Crippen molar-refractivity contribution in [3.63, 3.8) is 0 Å². The Labute approximate surface area is 111 Å². The van der Waals surface area contributed by atoms with E-state index in [-0.39, 0.29) is 0 Å². The maximum absolute atomic E-state index is 5.56. The third-order valence-electron chi connectivity index (χ3n) is 3.76. The molecule has 1 heterocycles. The molecule has 1 saturated heterocycles. The van der Waals surface area contributed by atoms with Gasteiger partial charge in [0.15, 0.2) is 0 Å². The van der Waals surface area contributed by atoms with Crippen LogP contribution in [0.2, 0.25) is 0 Å². The highest BCUT2D eigenvalue weighted by Gasteiger charge is 2.11. The van der Waals surface area contributed by atoms with Crippen LogP contribution in [0.25, 0.3) is 0 Å². The molecule has 2 rings (SSSR count). The number of rotatable bonds is 6. The van der Waals surface area contributed by atoms with Gasteiger partial charge in [0.2, 0.25) is 0 Å². The van der Waals surface area contributed by atoms with Crippen LogP contribution < -0.4 is 10.6 Å². The van der Waals surface area contributed by atoms with E-state index in [0.717, 1.165) is 19.5 Å². The van der Waals surface area contributed by atoms with Gasteiger partial charge < -0.3 is 15.5 Å². The molecule has 0 amide bonds. The first-order valence-electron chi connectivity index (χ1n) is 7.02. The fourth-order valence-corrected chi connectivity index (χ4v) is 2.51. The summed E-state index contributed by atoms with van der Waals surface area (Å²) >= 11 is 0. The molecule has 3 heteroatoms. The van der Waals surface area contributed by atoms with Crippen molar-refractivity contribution < 1.29 is 0 Å². The molecule has 0 atom stereocenters. The van der Waals surface area contributed by atoms with E-state index in [1.165, 1.54) is 43.7 Å². The maximum Gasteiger partial charge on any atom is 0.0364 e. The second kappa shape index (κ2) is 6.76. The Kier molecular flexibility index (Phi) is 5.02. The molecule has 2 N–H and O–H groups in total. The predicted molar refractivity (Wildman–Crippen MR) is 78.1 cm³/mol. The van der Waals surface area contributed by atoms with Gasteiger partial charge in [0.05, 0.1) is 0 Å². The van der Waals surface area contributed by atoms with Gasteiger partial charge in [0.25, 0.3) is 0 Å². The first-order chi connectivity index (χ1) is 8.79. The molecule has 0 aliphatic carbocycles. The lowest BCUT2D eigenvalue weighted by Gasteiger charge is -2.23. The molecule has 3 nitrogen and oxygen atoms in total. The van der Waals surface area contributed by atoms with Crippen LogP contribution in [0.4, 0.5) is 5.69 Å². The summed E-state index contributed by atoms with van der Waals surface area (Å²) in [6.07, 6.45) is 3.72. The normalized spacial score (nSPS) is 16.1. The minimum atomic E-state index is 0.726. The summed E-state index contributed by atoms with van der Waals surface area (Å²) in [5.41, 5.74) is 8.19. The fourth-order valence-electron chi connectivity index (χ4n) is 2.51. The number of nitrogens with two attached hydrogens (primary N) is 1. The Morgan fingerprint density at radius 2 is 1.83 bits per heavy atom. The Hall–Kier alpha value is -1.06. The largest absolute Gasteiger partial charge is 0.373 e. The zero-order chi connectivity index (χ0) is 12.8. The molecule has 1 aromatic rings. The molecule has 1 aliphatic rings. The lowest BCUT2D eigenvalue weighted by atomic mass is 10.1. The van der Waals surface area contributed by atoms with Gasteiger partial charge in [0, 0.05) is 25.8 Å². The van der Waals surface area contributed by atoms with Gasteiger partial charge in [-0.05, 0) is 56.6 Å². The molecule has 1 aromatic carbocycles. The van der Waals surface area contributed by atoms with Crippen molar-refractivity contribution in [2.24, 2.45) is 5.73 Å². The number of likely N-dealkylation sites (N-methyl/N-ethyl adjacent to an activating group) is 1. The molecule has 0 aromatic heterocycles. The van der Waals surface area contributed by atoms with E-state index in [4.69, 9.17) is 5.73 Å². The van der Waals surface area contributed by atoms with Crippen LogP contribution in [0.1, 0.15) is 18.4 Å². The topological polar surface area (TPSA) is 32.5 Å². The minimum absolute atomic E-state index is 0.726. The van der Waals surface area contributed by atoms with E-state index in [1.54, 1.807) is 0 Å². The van der Waals surface area contributed by atoms with Crippen molar-refractivity contribution in [3.05, 3.63) is 29.8 Å². The van der Waals surface area contributed by atoms with Gasteiger partial charge in [0.1, 0.15) is 0 Å². The standard InChI is InChI=1S/C15H25N3/c1-17(12-13-18-10-2-3-11-18)15-6-4-14(5-7-15)8-9-16/h4-7H,2-3,8-13,16H2,1H3. The number of likely N-dealkylation sites (tertiary alicyclic amines) is 1. The van der Waals surface area contributed by atoms with Crippen LogP contribution in [-0.2, 0) is 6.42 Å². The second-order valence-corrected chi connectivity index (χ2v) is 5.18. The van der Waals surface area contributed by atoms with E-state index < -0.39 is 0 Å². The maximum atomic E-state index is 5.56. The summed E-state index contributed by atoms with van der Waals surface area (Å²) in [5.74, 6) is 0. The zero-order valence-corrected chi connectivity index (χ0v) is 11.4. The Bertz CT molecular complexity index is 341. The van der Waals surface area contributed by atoms with E-state index in [2.05, 4.69) is 41.1 Å². The lowest BCUT2D eigenvalue weighted by molar-refractivity contribution is 0.346. The highest BCUT2D eigenvalue weighted by Crippen LogP contribution is 2.14. The molecule has 0 saturated carbocycles. The minimum Gasteiger partial charge on any atom is -0.373 e. The Balaban J connectivity index is 1.81. The molecule has 1 aliphatic heterocycles. The Morgan fingerprint density at radius 3 is 2.44 bits per heavy atom. The van der Waals surface area contributed by atoms with Crippen LogP contribution in [0.5, 0.6) is 0 Å². The van der Waals surface area contributed by atoms with Gasteiger partial charge >= 0.3 is 0 Å². The van der Waals surface area contributed by atoms with Crippen LogP contribution >= 0.6 is 0 Å². The summed E-state index contributed by atoms with van der Waals surface area (Å²) < 4.78 is 0. The van der Waals surface area contributed by atoms with E-state index in [1.807, 2.05) is 0 Å². The van der Waals surface area contributed by atoms with Gasteiger partial charge in [-0.2, -0.15) is 0 Å². The molecular weight excluding hydrogens is 222 g/mol. The van der Waals surface area contributed by atoms with Gasteiger partial charge in [-0.25, -0.2) is 0 Å². The highest BCUT2D eigenvalue weighted by molar-refractivity contribution is 5.46. The number of hydrogen-bond donors (Lipinski definition) is 1. The number of benzene rings is 1. The van der Waals surface area contributed by atoms with Gasteiger partial charge in [-0.1, -0.05) is 12.1 Å². The van der Waals surface area contributed by atoms with Crippen LogP contribution in [0, 0.1) is 0 Å². The third kappa shape index (κ3) is 3.72. The van der Waals surface area contributed by atoms with Crippen molar-refractivity contribution in [2.45, 2.75) is 19.3 Å². The van der Waals surface area contributed by atoms with Crippen molar-refractivity contribution in [1.82, 2.24) is 4.90 Å². The Morgan fingerprint density at radius 1 is 1.17 bits per heavy atom. The fraction of sp³-hybridized carbons (Fsp3) is 0.600. The smallest absolute Gasteiger partial charge is 0.0364 e.